The second-order valence-electron chi connectivity index (χ2n) is 3.70. The average molecular weight is 247 g/mol. The van der Waals surface area contributed by atoms with E-state index >= 15 is 0 Å². The molecule has 0 saturated heterocycles. The lowest BCUT2D eigenvalue weighted by molar-refractivity contribution is 0.500. The van der Waals surface area contributed by atoms with Gasteiger partial charge in [-0.05, 0) is 18.2 Å². The molecule has 2 N–H and O–H groups in total. The van der Waals surface area contributed by atoms with Crippen molar-refractivity contribution in [1.29, 1.82) is 0 Å². The highest BCUT2D eigenvalue weighted by Gasteiger charge is 1.99. The number of hydrogen-bond acceptors (Lipinski definition) is 3. The van der Waals surface area contributed by atoms with Crippen LogP contribution in [-0.2, 0) is 13.1 Å². The molecule has 0 aromatic carbocycles. The molecular weight excluding hydrogens is 230 g/mol. The Morgan fingerprint density at radius 2 is 2.39 bits per heavy atom. The number of rotatable bonds is 5. The summed E-state index contributed by atoms with van der Waals surface area (Å²) < 4.78 is 7.10. The van der Waals surface area contributed by atoms with Gasteiger partial charge in [-0.1, -0.05) is 0 Å². The summed E-state index contributed by atoms with van der Waals surface area (Å²) in [5.74, 6) is 1.63. The fraction of sp³-hybridized carbons (Fsp3) is 0.333. The molecule has 0 unspecified atom stereocenters. The van der Waals surface area contributed by atoms with Gasteiger partial charge in [0.2, 0.25) is 0 Å². The second-order valence-corrected chi connectivity index (χ2v) is 3.70. The van der Waals surface area contributed by atoms with Crippen molar-refractivity contribution in [2.45, 2.75) is 13.1 Å². The van der Waals surface area contributed by atoms with Crippen molar-refractivity contribution in [2.75, 3.05) is 13.6 Å². The molecule has 2 aromatic rings. The minimum atomic E-state index is 0.619. The molecule has 0 amide bonds. The number of hydrogen-bond donors (Lipinski definition) is 2. The van der Waals surface area contributed by atoms with Gasteiger partial charge in [0, 0.05) is 26.0 Å². The van der Waals surface area contributed by atoms with Crippen LogP contribution in [0.1, 0.15) is 5.76 Å². The normalized spacial score (nSPS) is 11.5. The summed E-state index contributed by atoms with van der Waals surface area (Å²) in [6.45, 7) is 2.18. The smallest absolute Gasteiger partial charge is 0.191 e. The van der Waals surface area contributed by atoms with Crippen LogP contribution in [0, 0.1) is 0 Å². The first-order chi connectivity index (χ1) is 8.88. The summed E-state index contributed by atoms with van der Waals surface area (Å²) in [4.78, 5) is 4.13. The molecule has 18 heavy (non-hydrogen) atoms. The van der Waals surface area contributed by atoms with Crippen LogP contribution < -0.4 is 10.6 Å². The van der Waals surface area contributed by atoms with Gasteiger partial charge in [-0.2, -0.15) is 5.10 Å². The van der Waals surface area contributed by atoms with Crippen molar-refractivity contribution in [2.24, 2.45) is 4.99 Å². The summed E-state index contributed by atoms with van der Waals surface area (Å²) in [5.41, 5.74) is 0. The lowest BCUT2D eigenvalue weighted by atomic mass is 10.4. The van der Waals surface area contributed by atoms with E-state index in [1.54, 1.807) is 19.5 Å². The molecule has 6 heteroatoms. The monoisotopic (exact) mass is 247 g/mol. The molecule has 0 saturated carbocycles. The van der Waals surface area contributed by atoms with E-state index in [9.17, 15) is 0 Å². The van der Waals surface area contributed by atoms with E-state index in [1.165, 1.54) is 0 Å². The molecule has 6 nitrogen and oxygen atoms in total. The topological polar surface area (TPSA) is 67.4 Å². The Morgan fingerprint density at radius 1 is 1.44 bits per heavy atom. The molecule has 0 aliphatic rings. The number of aromatic nitrogens is 2. The largest absolute Gasteiger partial charge is 0.467 e. The van der Waals surface area contributed by atoms with Crippen LogP contribution in [-0.4, -0.2) is 29.3 Å². The van der Waals surface area contributed by atoms with Crippen LogP contribution in [0.5, 0.6) is 0 Å². The van der Waals surface area contributed by atoms with Crippen molar-refractivity contribution < 1.29 is 4.42 Å². The Morgan fingerprint density at radius 3 is 3.06 bits per heavy atom. The molecule has 96 valence electrons. The highest BCUT2D eigenvalue weighted by Crippen LogP contribution is 1.97. The van der Waals surface area contributed by atoms with Gasteiger partial charge in [0.25, 0.3) is 0 Å². The van der Waals surface area contributed by atoms with Crippen LogP contribution >= 0.6 is 0 Å². The molecule has 0 aliphatic heterocycles. The lowest BCUT2D eigenvalue weighted by Crippen LogP contribution is -2.38. The minimum absolute atomic E-state index is 0.619. The van der Waals surface area contributed by atoms with Gasteiger partial charge in [-0.3, -0.25) is 9.67 Å². The highest BCUT2D eigenvalue weighted by molar-refractivity contribution is 5.79. The zero-order chi connectivity index (χ0) is 12.6. The Kier molecular flexibility index (Phi) is 4.40. The van der Waals surface area contributed by atoms with Crippen LogP contribution in [0.25, 0.3) is 0 Å². The third-order valence-corrected chi connectivity index (χ3v) is 2.43. The standard InChI is InChI=1S/C12H17N5O/c1-13-12(15-10-11-4-2-9-18-11)14-6-8-17-7-3-5-16-17/h2-5,7,9H,6,8,10H2,1H3,(H2,13,14,15). The van der Waals surface area contributed by atoms with Gasteiger partial charge in [0.05, 0.1) is 19.4 Å². The predicted octanol–water partition coefficient (Wildman–Crippen LogP) is 0.841. The maximum absolute atomic E-state index is 5.23. The number of furan rings is 1. The van der Waals surface area contributed by atoms with Crippen molar-refractivity contribution in [1.82, 2.24) is 20.4 Å². The second kappa shape index (κ2) is 6.48. The Bertz CT molecular complexity index is 461. The van der Waals surface area contributed by atoms with Gasteiger partial charge in [-0.15, -0.1) is 0 Å². The van der Waals surface area contributed by atoms with Crippen molar-refractivity contribution in [3.05, 3.63) is 42.6 Å². The summed E-state index contributed by atoms with van der Waals surface area (Å²) in [7, 11) is 1.74. The lowest BCUT2D eigenvalue weighted by Gasteiger charge is -2.10. The Balaban J connectivity index is 1.69. The molecule has 0 atom stereocenters. The summed E-state index contributed by atoms with van der Waals surface area (Å²) in [5, 5.41) is 10.5. The highest BCUT2D eigenvalue weighted by atomic mass is 16.3. The zero-order valence-electron chi connectivity index (χ0n) is 10.3. The molecule has 0 radical (unpaired) electrons. The number of nitrogens with one attached hydrogen (secondary N) is 2. The predicted molar refractivity (Wildman–Crippen MR) is 69.1 cm³/mol. The quantitative estimate of drug-likeness (QED) is 0.607. The van der Waals surface area contributed by atoms with Gasteiger partial charge in [0.1, 0.15) is 5.76 Å². The first kappa shape index (κ1) is 12.2. The zero-order valence-corrected chi connectivity index (χ0v) is 10.3. The van der Waals surface area contributed by atoms with Gasteiger partial charge < -0.3 is 15.1 Å². The molecule has 0 bridgehead atoms. The Hall–Kier alpha value is -2.24. The van der Waals surface area contributed by atoms with Crippen molar-refractivity contribution >= 4 is 5.96 Å². The summed E-state index contributed by atoms with van der Waals surface area (Å²) in [6, 6.07) is 5.69. The average Bonchev–Trinajstić information content (AvgIpc) is 3.06. The Labute approximate surface area is 106 Å². The van der Waals surface area contributed by atoms with E-state index in [1.807, 2.05) is 29.1 Å². The summed E-state index contributed by atoms with van der Waals surface area (Å²) in [6.07, 6.45) is 5.36. The number of nitrogens with zero attached hydrogens (tertiary/aromatic N) is 3. The van der Waals surface area contributed by atoms with Gasteiger partial charge >= 0.3 is 0 Å². The summed E-state index contributed by atoms with van der Waals surface area (Å²) >= 11 is 0. The van der Waals surface area contributed by atoms with E-state index in [-0.39, 0.29) is 0 Å². The SMILES string of the molecule is CN=C(NCCn1cccn1)NCc1ccco1. The van der Waals surface area contributed by atoms with Crippen molar-refractivity contribution in [3.8, 4) is 0 Å². The molecule has 2 aromatic heterocycles. The molecule has 2 rings (SSSR count). The minimum Gasteiger partial charge on any atom is -0.467 e. The van der Waals surface area contributed by atoms with E-state index in [0.717, 1.165) is 24.8 Å². The van der Waals surface area contributed by atoms with E-state index in [0.29, 0.717) is 6.54 Å². The van der Waals surface area contributed by atoms with Gasteiger partial charge in [0.15, 0.2) is 5.96 Å². The third-order valence-electron chi connectivity index (χ3n) is 2.43. The van der Waals surface area contributed by atoms with E-state index in [4.69, 9.17) is 4.42 Å². The third kappa shape index (κ3) is 3.65. The molecule has 0 fully saturated rings. The molecule has 0 aliphatic carbocycles. The van der Waals surface area contributed by atoms with E-state index in [2.05, 4.69) is 20.7 Å². The van der Waals surface area contributed by atoms with Crippen LogP contribution in [0.4, 0.5) is 0 Å². The fourth-order valence-electron chi connectivity index (χ4n) is 1.53. The van der Waals surface area contributed by atoms with Crippen LogP contribution in [0.2, 0.25) is 0 Å². The van der Waals surface area contributed by atoms with E-state index < -0.39 is 0 Å². The fourth-order valence-corrected chi connectivity index (χ4v) is 1.53. The molecule has 2 heterocycles. The maximum atomic E-state index is 5.23. The number of guanidine groups is 1. The first-order valence-corrected chi connectivity index (χ1v) is 5.83. The molecule has 0 spiro atoms. The van der Waals surface area contributed by atoms with Crippen molar-refractivity contribution in [3.63, 3.8) is 0 Å². The van der Waals surface area contributed by atoms with Crippen LogP contribution in [0.3, 0.4) is 0 Å². The van der Waals surface area contributed by atoms with Gasteiger partial charge in [-0.25, -0.2) is 0 Å². The first-order valence-electron chi connectivity index (χ1n) is 5.83. The molecular formula is C12H17N5O. The maximum Gasteiger partial charge on any atom is 0.191 e. The number of aliphatic imine (C=N–C) groups is 1. The van der Waals surface area contributed by atoms with Crippen LogP contribution in [0.15, 0.2) is 46.3 Å².